The zero-order valence-electron chi connectivity index (χ0n) is 18.3. The van der Waals surface area contributed by atoms with Crippen molar-refractivity contribution in [2.24, 2.45) is 0 Å². The Morgan fingerprint density at radius 1 is 1.00 bits per heavy atom. The van der Waals surface area contributed by atoms with Crippen LogP contribution in [0.2, 0.25) is 0 Å². The fraction of sp³-hybridized carbons (Fsp3) is 0.318. The lowest BCUT2D eigenvalue weighted by molar-refractivity contribution is -0.384. The lowest BCUT2D eigenvalue weighted by Crippen LogP contribution is -2.47. The normalized spacial score (nSPS) is 15.4. The van der Waals surface area contributed by atoms with E-state index in [1.54, 1.807) is 0 Å². The number of nitro benzene ring substituents is 1. The Morgan fingerprint density at radius 2 is 1.73 bits per heavy atom. The molecule has 0 bridgehead atoms. The molecule has 0 atom stereocenters. The number of anilines is 2. The Labute approximate surface area is 192 Å². The van der Waals surface area contributed by atoms with Crippen LogP contribution in [0.3, 0.4) is 0 Å². The minimum absolute atomic E-state index is 0.0669. The molecule has 3 aromatic rings. The van der Waals surface area contributed by atoms with Crippen molar-refractivity contribution in [3.63, 3.8) is 0 Å². The zero-order valence-corrected chi connectivity index (χ0v) is 19.1. The van der Waals surface area contributed by atoms with Crippen LogP contribution in [-0.2, 0) is 10.0 Å². The molecule has 2 N–H and O–H groups in total. The molecule has 2 aromatic carbocycles. The SMILES string of the molecule is CN1CCN(S(=O)(=O)c2ccc(NCCNc3ccc4ccccc4n3)c([N+](=O)[O-])c2)CC1. The molecule has 1 aromatic heterocycles. The highest BCUT2D eigenvalue weighted by molar-refractivity contribution is 7.89. The minimum atomic E-state index is -3.78. The van der Waals surface area contributed by atoms with Crippen LogP contribution in [0.15, 0.2) is 59.5 Å². The highest BCUT2D eigenvalue weighted by atomic mass is 32.2. The van der Waals surface area contributed by atoms with Gasteiger partial charge in [-0.15, -0.1) is 0 Å². The van der Waals surface area contributed by atoms with Gasteiger partial charge in [0.25, 0.3) is 5.69 Å². The van der Waals surface area contributed by atoms with Gasteiger partial charge >= 0.3 is 0 Å². The van der Waals surface area contributed by atoms with Gasteiger partial charge in [0.15, 0.2) is 0 Å². The highest BCUT2D eigenvalue weighted by Crippen LogP contribution is 2.29. The second-order valence-corrected chi connectivity index (χ2v) is 9.82. The summed E-state index contributed by atoms with van der Waals surface area (Å²) in [6.45, 7) is 2.84. The molecule has 1 fully saturated rings. The molecule has 0 radical (unpaired) electrons. The van der Waals surface area contributed by atoms with Gasteiger partial charge in [0.2, 0.25) is 10.0 Å². The Kier molecular flexibility index (Phi) is 6.72. The van der Waals surface area contributed by atoms with E-state index in [9.17, 15) is 18.5 Å². The Bertz CT molecular complexity index is 1260. The molecule has 10 nitrogen and oxygen atoms in total. The number of nitro groups is 1. The van der Waals surface area contributed by atoms with Gasteiger partial charge in [-0.25, -0.2) is 13.4 Å². The van der Waals surface area contributed by atoms with Crippen molar-refractivity contribution in [3.8, 4) is 0 Å². The third-order valence-corrected chi connectivity index (χ3v) is 7.51. The van der Waals surface area contributed by atoms with E-state index in [2.05, 4.69) is 15.6 Å². The van der Waals surface area contributed by atoms with Gasteiger partial charge in [-0.2, -0.15) is 4.31 Å². The number of benzene rings is 2. The summed E-state index contributed by atoms with van der Waals surface area (Å²) in [6.07, 6.45) is 0. The van der Waals surface area contributed by atoms with E-state index in [1.165, 1.54) is 16.4 Å². The van der Waals surface area contributed by atoms with Gasteiger partial charge in [0.05, 0.1) is 15.3 Å². The Balaban J connectivity index is 1.41. The molecular formula is C22H26N6O4S. The van der Waals surface area contributed by atoms with Crippen LogP contribution < -0.4 is 10.6 Å². The molecule has 0 amide bonds. The molecule has 1 saturated heterocycles. The standard InChI is InChI=1S/C22H26N6O4S/c1-26-12-14-27(15-13-26)33(31,32)18-7-8-20(21(16-18)28(29)30)23-10-11-24-22-9-6-17-4-2-3-5-19(17)25-22/h2-9,16,23H,10-15H2,1H3,(H,24,25). The van der Waals surface area contributed by atoms with Crippen LogP contribution in [0.25, 0.3) is 10.9 Å². The number of nitrogens with zero attached hydrogens (tertiary/aromatic N) is 4. The molecule has 4 rings (SSSR count). The fourth-order valence-electron chi connectivity index (χ4n) is 3.70. The molecule has 1 aliphatic heterocycles. The van der Waals surface area contributed by atoms with E-state index in [0.29, 0.717) is 45.1 Å². The highest BCUT2D eigenvalue weighted by Gasteiger charge is 2.29. The summed E-state index contributed by atoms with van der Waals surface area (Å²) in [5.41, 5.74) is 0.878. The Morgan fingerprint density at radius 3 is 2.48 bits per heavy atom. The lowest BCUT2D eigenvalue weighted by Gasteiger charge is -2.31. The molecule has 0 unspecified atom stereocenters. The minimum Gasteiger partial charge on any atom is -0.378 e. The number of hydrogen-bond donors (Lipinski definition) is 2. The number of aromatic nitrogens is 1. The molecule has 174 valence electrons. The number of fused-ring (bicyclic) bond motifs is 1. The van der Waals surface area contributed by atoms with Gasteiger partial charge < -0.3 is 15.5 Å². The number of likely N-dealkylation sites (N-methyl/N-ethyl adjacent to an activating group) is 1. The van der Waals surface area contributed by atoms with E-state index < -0.39 is 14.9 Å². The molecule has 0 aliphatic carbocycles. The first kappa shape index (κ1) is 22.9. The van der Waals surface area contributed by atoms with Gasteiger partial charge in [0.1, 0.15) is 11.5 Å². The van der Waals surface area contributed by atoms with Crippen molar-refractivity contribution >= 4 is 38.1 Å². The van der Waals surface area contributed by atoms with Crippen molar-refractivity contribution in [2.75, 3.05) is 56.9 Å². The van der Waals surface area contributed by atoms with Crippen LogP contribution in [0, 0.1) is 10.1 Å². The van der Waals surface area contributed by atoms with Crippen molar-refractivity contribution in [2.45, 2.75) is 4.90 Å². The zero-order chi connectivity index (χ0) is 23.4. The summed E-state index contributed by atoms with van der Waals surface area (Å²) < 4.78 is 27.3. The Hall–Kier alpha value is -3.28. The van der Waals surface area contributed by atoms with Gasteiger partial charge in [-0.1, -0.05) is 18.2 Å². The summed E-state index contributed by atoms with van der Waals surface area (Å²) in [4.78, 5) is 17.6. The lowest BCUT2D eigenvalue weighted by atomic mass is 10.2. The summed E-state index contributed by atoms with van der Waals surface area (Å²) in [6, 6.07) is 15.7. The molecular weight excluding hydrogens is 444 g/mol. The number of nitrogens with one attached hydrogen (secondary N) is 2. The van der Waals surface area contributed by atoms with Crippen molar-refractivity contribution in [3.05, 3.63) is 64.7 Å². The summed E-state index contributed by atoms with van der Waals surface area (Å²) in [7, 11) is -1.85. The fourth-order valence-corrected chi connectivity index (χ4v) is 5.14. The van der Waals surface area contributed by atoms with Crippen molar-refractivity contribution in [1.82, 2.24) is 14.2 Å². The topological polar surface area (TPSA) is 121 Å². The van der Waals surface area contributed by atoms with Gasteiger partial charge in [-0.3, -0.25) is 10.1 Å². The number of para-hydroxylation sites is 1. The number of piperazine rings is 1. The number of hydrogen-bond acceptors (Lipinski definition) is 8. The van der Waals surface area contributed by atoms with Crippen LogP contribution in [0.4, 0.5) is 17.2 Å². The smallest absolute Gasteiger partial charge is 0.293 e. The van der Waals surface area contributed by atoms with Crippen molar-refractivity contribution in [1.29, 1.82) is 0 Å². The first-order valence-electron chi connectivity index (χ1n) is 10.7. The van der Waals surface area contributed by atoms with Crippen LogP contribution in [0.1, 0.15) is 0 Å². The molecule has 1 aliphatic rings. The number of sulfonamides is 1. The first-order valence-corrected chi connectivity index (χ1v) is 12.1. The second-order valence-electron chi connectivity index (χ2n) is 7.89. The average molecular weight is 471 g/mol. The number of pyridine rings is 1. The van der Waals surface area contributed by atoms with E-state index in [1.807, 2.05) is 48.3 Å². The monoisotopic (exact) mass is 470 g/mol. The molecule has 33 heavy (non-hydrogen) atoms. The van der Waals surface area contributed by atoms with Crippen molar-refractivity contribution < 1.29 is 13.3 Å². The quantitative estimate of drug-likeness (QED) is 0.293. The van der Waals surface area contributed by atoms with E-state index in [4.69, 9.17) is 0 Å². The largest absolute Gasteiger partial charge is 0.378 e. The van der Waals surface area contributed by atoms with Gasteiger partial charge in [0, 0.05) is 50.7 Å². The maximum Gasteiger partial charge on any atom is 0.293 e. The average Bonchev–Trinajstić information content (AvgIpc) is 2.82. The van der Waals surface area contributed by atoms with Crippen LogP contribution in [-0.4, -0.2) is 73.8 Å². The van der Waals surface area contributed by atoms with E-state index >= 15 is 0 Å². The molecule has 2 heterocycles. The first-order chi connectivity index (χ1) is 15.8. The molecule has 11 heteroatoms. The predicted octanol–water partition coefficient (Wildman–Crippen LogP) is 2.60. The maximum absolute atomic E-state index is 12.9. The van der Waals surface area contributed by atoms with E-state index in [0.717, 1.165) is 17.0 Å². The maximum atomic E-state index is 12.9. The number of rotatable bonds is 8. The van der Waals surface area contributed by atoms with Crippen LogP contribution >= 0.6 is 0 Å². The third kappa shape index (κ3) is 5.21. The van der Waals surface area contributed by atoms with Crippen LogP contribution in [0.5, 0.6) is 0 Å². The second kappa shape index (κ2) is 9.69. The molecule has 0 saturated carbocycles. The third-order valence-electron chi connectivity index (χ3n) is 5.61. The summed E-state index contributed by atoms with van der Waals surface area (Å²) in [5.74, 6) is 0.707. The summed E-state index contributed by atoms with van der Waals surface area (Å²) >= 11 is 0. The summed E-state index contributed by atoms with van der Waals surface area (Å²) in [5, 5.41) is 18.9. The molecule has 0 spiro atoms. The van der Waals surface area contributed by atoms with E-state index in [-0.39, 0.29) is 16.3 Å². The predicted molar refractivity (Wildman–Crippen MR) is 128 cm³/mol. The van der Waals surface area contributed by atoms with Gasteiger partial charge in [-0.05, 0) is 37.4 Å².